The van der Waals surface area contributed by atoms with E-state index in [0.717, 1.165) is 18.5 Å². The summed E-state index contributed by atoms with van der Waals surface area (Å²) in [5.41, 5.74) is 1.47. The lowest BCUT2D eigenvalue weighted by Crippen LogP contribution is -2.30. The van der Waals surface area contributed by atoms with Crippen molar-refractivity contribution in [2.24, 2.45) is 5.41 Å². The highest BCUT2D eigenvalue weighted by Crippen LogP contribution is 2.40. The molecule has 1 fully saturated rings. The van der Waals surface area contributed by atoms with Gasteiger partial charge in [-0.15, -0.1) is 0 Å². The highest BCUT2D eigenvalue weighted by atomic mass is 16.6. The van der Waals surface area contributed by atoms with Crippen molar-refractivity contribution in [1.82, 2.24) is 10.3 Å². The summed E-state index contributed by atoms with van der Waals surface area (Å²) in [6, 6.07) is 3.44. The number of nitrogens with zero attached hydrogens (tertiary/aromatic N) is 3. The van der Waals surface area contributed by atoms with E-state index in [4.69, 9.17) is 0 Å². The van der Waals surface area contributed by atoms with Gasteiger partial charge < -0.3 is 5.32 Å². The van der Waals surface area contributed by atoms with E-state index in [1.807, 2.05) is 0 Å². The first kappa shape index (κ1) is 12.8. The van der Waals surface area contributed by atoms with Crippen LogP contribution in [0.1, 0.15) is 33.1 Å². The zero-order chi connectivity index (χ0) is 14.3. The zero-order valence-corrected chi connectivity index (χ0v) is 11.4. The maximum absolute atomic E-state index is 10.9. The van der Waals surface area contributed by atoms with Crippen molar-refractivity contribution in [1.29, 1.82) is 0 Å². The van der Waals surface area contributed by atoms with Crippen molar-refractivity contribution in [3.8, 4) is 0 Å². The van der Waals surface area contributed by atoms with Crippen LogP contribution >= 0.6 is 0 Å². The van der Waals surface area contributed by atoms with Crippen LogP contribution in [0.5, 0.6) is 0 Å². The van der Waals surface area contributed by atoms with Crippen molar-refractivity contribution in [3.63, 3.8) is 0 Å². The van der Waals surface area contributed by atoms with Gasteiger partial charge in [-0.3, -0.25) is 10.1 Å². The van der Waals surface area contributed by atoms with Crippen LogP contribution in [0.25, 0.3) is 11.0 Å². The van der Waals surface area contributed by atoms with Crippen LogP contribution in [0.3, 0.4) is 0 Å². The molecular formula is C13H16N4O3. The molecule has 1 atom stereocenters. The summed E-state index contributed by atoms with van der Waals surface area (Å²) in [6.45, 7) is 4.45. The second-order valence-corrected chi connectivity index (χ2v) is 5.93. The van der Waals surface area contributed by atoms with E-state index >= 15 is 0 Å². The fourth-order valence-electron chi connectivity index (χ4n) is 2.90. The number of benzene rings is 1. The molecule has 0 amide bonds. The quantitative estimate of drug-likeness (QED) is 0.683. The number of rotatable bonds is 3. The highest BCUT2D eigenvalue weighted by molar-refractivity contribution is 5.93. The predicted octanol–water partition coefficient (Wildman–Crippen LogP) is 3.12. The Hall–Kier alpha value is -2.18. The third kappa shape index (κ3) is 1.99. The minimum absolute atomic E-state index is 0.0857. The number of anilines is 1. The molecule has 0 bridgehead atoms. The first-order chi connectivity index (χ1) is 9.49. The summed E-state index contributed by atoms with van der Waals surface area (Å²) >= 11 is 0. The molecule has 1 N–H and O–H groups in total. The van der Waals surface area contributed by atoms with Crippen LogP contribution in [-0.2, 0) is 0 Å². The average molecular weight is 276 g/mol. The number of non-ortho nitro benzene ring substituents is 1. The second kappa shape index (κ2) is 4.43. The van der Waals surface area contributed by atoms with E-state index in [1.54, 1.807) is 6.07 Å². The van der Waals surface area contributed by atoms with Crippen molar-refractivity contribution in [2.75, 3.05) is 5.32 Å². The van der Waals surface area contributed by atoms with Crippen LogP contribution in [0.2, 0.25) is 0 Å². The Kier molecular flexibility index (Phi) is 2.84. The smallest absolute Gasteiger partial charge is 0.300 e. The number of aromatic nitrogens is 2. The Morgan fingerprint density at radius 2 is 2.15 bits per heavy atom. The lowest BCUT2D eigenvalue weighted by molar-refractivity contribution is -0.383. The molecule has 1 aliphatic rings. The molecule has 1 unspecified atom stereocenters. The van der Waals surface area contributed by atoms with E-state index in [1.165, 1.54) is 12.5 Å². The Morgan fingerprint density at radius 1 is 1.40 bits per heavy atom. The molecule has 2 aromatic rings. The molecule has 1 heterocycles. The monoisotopic (exact) mass is 276 g/mol. The van der Waals surface area contributed by atoms with Gasteiger partial charge in [0.2, 0.25) is 5.52 Å². The lowest BCUT2D eigenvalue weighted by atomic mass is 9.87. The summed E-state index contributed by atoms with van der Waals surface area (Å²) in [5.74, 6) is 0. The van der Waals surface area contributed by atoms with E-state index < -0.39 is 4.92 Å². The molecule has 0 radical (unpaired) electrons. The van der Waals surface area contributed by atoms with Gasteiger partial charge in [0, 0.05) is 12.1 Å². The number of nitro groups is 1. The fourth-order valence-corrected chi connectivity index (χ4v) is 2.90. The van der Waals surface area contributed by atoms with E-state index in [2.05, 4.69) is 34.1 Å². The summed E-state index contributed by atoms with van der Waals surface area (Å²) < 4.78 is 4.67. The predicted molar refractivity (Wildman–Crippen MR) is 73.5 cm³/mol. The van der Waals surface area contributed by atoms with E-state index in [0.29, 0.717) is 11.6 Å². The molecular weight excluding hydrogens is 260 g/mol. The van der Waals surface area contributed by atoms with Crippen LogP contribution in [0, 0.1) is 15.5 Å². The normalized spacial score (nSPS) is 21.2. The number of fused-ring (bicyclic) bond motifs is 1. The van der Waals surface area contributed by atoms with Gasteiger partial charge in [0.25, 0.3) is 0 Å². The summed E-state index contributed by atoms with van der Waals surface area (Å²) in [4.78, 5) is 10.5. The minimum atomic E-state index is -0.476. The standard InChI is InChI=1S/C13H16N4O3/c1-13(2)7-3-4-10(13)14-8-5-6-9(17(18)19)12-11(8)15-20-16-12/h5-6,10,14H,3-4,7H2,1-2H3. The van der Waals surface area contributed by atoms with Crippen molar-refractivity contribution >= 4 is 22.4 Å². The number of hydrogen-bond donors (Lipinski definition) is 1. The lowest BCUT2D eigenvalue weighted by Gasteiger charge is -2.28. The molecule has 1 aromatic heterocycles. The Bertz CT molecular complexity index is 665. The topological polar surface area (TPSA) is 94.1 Å². The summed E-state index contributed by atoms with van der Waals surface area (Å²) in [5, 5.41) is 21.8. The Morgan fingerprint density at radius 3 is 2.80 bits per heavy atom. The average Bonchev–Trinajstić information content (AvgIpc) is 2.97. The number of nitrogens with one attached hydrogen (secondary N) is 1. The number of hydrogen-bond acceptors (Lipinski definition) is 6. The molecule has 1 saturated carbocycles. The maximum Gasteiger partial charge on any atom is 0.300 e. The zero-order valence-electron chi connectivity index (χ0n) is 11.4. The van der Waals surface area contributed by atoms with E-state index in [-0.39, 0.29) is 16.6 Å². The van der Waals surface area contributed by atoms with Gasteiger partial charge in [0.1, 0.15) is 0 Å². The van der Waals surface area contributed by atoms with Crippen LogP contribution in [0.15, 0.2) is 16.8 Å². The van der Waals surface area contributed by atoms with Gasteiger partial charge in [0.05, 0.1) is 10.6 Å². The number of nitro benzene ring substituents is 1. The second-order valence-electron chi connectivity index (χ2n) is 5.93. The van der Waals surface area contributed by atoms with Crippen molar-refractivity contribution < 1.29 is 9.55 Å². The van der Waals surface area contributed by atoms with Crippen molar-refractivity contribution in [3.05, 3.63) is 22.2 Å². The van der Waals surface area contributed by atoms with Gasteiger partial charge in [-0.1, -0.05) is 20.3 Å². The molecule has 0 spiro atoms. The molecule has 3 rings (SSSR count). The van der Waals surface area contributed by atoms with E-state index in [9.17, 15) is 10.1 Å². The molecule has 7 nitrogen and oxygen atoms in total. The SMILES string of the molecule is CC1(C)CCCC1Nc1ccc([N+](=O)[O-])c2nonc12. The maximum atomic E-state index is 10.9. The fraction of sp³-hybridized carbons (Fsp3) is 0.538. The summed E-state index contributed by atoms with van der Waals surface area (Å²) in [7, 11) is 0. The van der Waals surface area contributed by atoms with Crippen LogP contribution < -0.4 is 5.32 Å². The molecule has 1 aliphatic carbocycles. The van der Waals surface area contributed by atoms with Crippen LogP contribution in [-0.4, -0.2) is 21.3 Å². The Balaban J connectivity index is 1.99. The first-order valence-corrected chi connectivity index (χ1v) is 6.65. The molecule has 20 heavy (non-hydrogen) atoms. The largest absolute Gasteiger partial charge is 0.380 e. The third-order valence-corrected chi connectivity index (χ3v) is 4.18. The minimum Gasteiger partial charge on any atom is -0.380 e. The third-order valence-electron chi connectivity index (χ3n) is 4.18. The first-order valence-electron chi connectivity index (χ1n) is 6.65. The van der Waals surface area contributed by atoms with Gasteiger partial charge in [-0.25, -0.2) is 4.63 Å². The highest BCUT2D eigenvalue weighted by Gasteiger charge is 2.35. The molecule has 0 aliphatic heterocycles. The molecule has 7 heteroatoms. The van der Waals surface area contributed by atoms with Gasteiger partial charge >= 0.3 is 5.69 Å². The molecule has 106 valence electrons. The van der Waals surface area contributed by atoms with Crippen LogP contribution in [0.4, 0.5) is 11.4 Å². The molecule has 1 aromatic carbocycles. The van der Waals surface area contributed by atoms with Crippen molar-refractivity contribution in [2.45, 2.75) is 39.2 Å². The van der Waals surface area contributed by atoms with Gasteiger partial charge in [0.15, 0.2) is 5.52 Å². The summed E-state index contributed by atoms with van der Waals surface area (Å²) in [6.07, 6.45) is 3.42. The van der Waals surface area contributed by atoms with Gasteiger partial charge in [-0.2, -0.15) is 0 Å². The Labute approximate surface area is 115 Å². The molecule has 0 saturated heterocycles. The van der Waals surface area contributed by atoms with Gasteiger partial charge in [-0.05, 0) is 34.6 Å².